The van der Waals surface area contributed by atoms with E-state index in [0.717, 1.165) is 0 Å². The summed E-state index contributed by atoms with van der Waals surface area (Å²) in [5.41, 5.74) is 1.20. The summed E-state index contributed by atoms with van der Waals surface area (Å²) in [7, 11) is 0. The minimum Gasteiger partial charge on any atom is -0.319 e. The van der Waals surface area contributed by atoms with Crippen LogP contribution in [-0.4, -0.2) is 0 Å². The van der Waals surface area contributed by atoms with Crippen LogP contribution < -0.4 is 0 Å². The number of hydrogen-bond acceptors (Lipinski definition) is 0. The van der Waals surface area contributed by atoms with Crippen molar-refractivity contribution in [3.8, 4) is 0 Å². The summed E-state index contributed by atoms with van der Waals surface area (Å²) in [6.45, 7) is 3.60. The van der Waals surface area contributed by atoms with Gasteiger partial charge >= 0.3 is 19.5 Å². The van der Waals surface area contributed by atoms with Crippen LogP contribution >= 0.6 is 22.6 Å². The number of allylic oxidation sites excluding steroid dienone is 1. The van der Waals surface area contributed by atoms with Gasteiger partial charge in [-0.15, -0.1) is 5.56 Å². The molecule has 0 nitrogen and oxygen atoms in total. The Morgan fingerprint density at radius 3 is 2.00 bits per heavy atom. The first-order chi connectivity index (χ1) is 5.43. The molecule has 60 valence electrons. The zero-order valence-electron chi connectivity index (χ0n) is 7.04. The summed E-state index contributed by atoms with van der Waals surface area (Å²) in [5.74, 6) is 0. The topological polar surface area (TPSA) is 0 Å². The van der Waals surface area contributed by atoms with Gasteiger partial charge in [-0.25, -0.2) is 19.1 Å². The second kappa shape index (κ2) is 11.2. The van der Waals surface area contributed by atoms with E-state index in [1.165, 1.54) is 5.56 Å². The summed E-state index contributed by atoms with van der Waals surface area (Å²) in [5, 5.41) is 0. The van der Waals surface area contributed by atoms with Gasteiger partial charge in [0.25, 0.3) is 0 Å². The van der Waals surface area contributed by atoms with Gasteiger partial charge in [0.1, 0.15) is 0 Å². The molecule has 0 aromatic heterocycles. The third-order valence-corrected chi connectivity index (χ3v) is 1.11. The fraction of sp³-hybridized carbons (Fsp3) is 0. The molecule has 1 rings (SSSR count). The maximum Gasteiger partial charge on any atom is 2.00 e. The standard InChI is InChI=1S/C9H9.CH2I.Zn/c1-2-6-9-7-4-3-5-8-9;1-2;/h2-8H,1H2;1H2;/q2*-1;+2/b6-2+;;. The summed E-state index contributed by atoms with van der Waals surface area (Å²) >= 11 is 1.90. The predicted molar refractivity (Wildman–Crippen MR) is 60.2 cm³/mol. The summed E-state index contributed by atoms with van der Waals surface area (Å²) in [6, 6.07) is 10.1. The fourth-order valence-corrected chi connectivity index (χ4v) is 0.700. The molecule has 0 unspecified atom stereocenters. The van der Waals surface area contributed by atoms with Crippen molar-refractivity contribution in [3.63, 3.8) is 0 Å². The first-order valence-corrected chi connectivity index (χ1v) is 4.73. The minimum atomic E-state index is 0. The van der Waals surface area contributed by atoms with Crippen molar-refractivity contribution in [1.82, 2.24) is 0 Å². The van der Waals surface area contributed by atoms with Crippen LogP contribution in [0.5, 0.6) is 0 Å². The molecule has 0 amide bonds. The number of halogens is 1. The van der Waals surface area contributed by atoms with E-state index in [1.807, 2.05) is 59.0 Å². The predicted octanol–water partition coefficient (Wildman–Crippen LogP) is 3.74. The average Bonchev–Trinajstić information content (AvgIpc) is 2.11. The van der Waals surface area contributed by atoms with Gasteiger partial charge in [0.05, 0.1) is 0 Å². The molecule has 0 aliphatic carbocycles. The van der Waals surface area contributed by atoms with E-state index in [2.05, 4.69) is 11.9 Å². The Hall–Kier alpha value is 0.183. The largest absolute Gasteiger partial charge is 2.00 e. The van der Waals surface area contributed by atoms with Crippen LogP contribution in [0.25, 0.3) is 6.08 Å². The Balaban J connectivity index is 0. The van der Waals surface area contributed by atoms with Gasteiger partial charge in [-0.3, -0.25) is 4.93 Å². The molecule has 1 aromatic carbocycles. The Morgan fingerprint density at radius 1 is 1.08 bits per heavy atom. The SMILES string of the molecule is [CH2-]/C=C/c1ccccc1.[CH2-]I.[Zn+2]. The van der Waals surface area contributed by atoms with Gasteiger partial charge in [0.15, 0.2) is 0 Å². The maximum absolute atomic E-state index is 3.60. The first-order valence-electron chi connectivity index (χ1n) is 3.21. The van der Waals surface area contributed by atoms with E-state index in [-0.39, 0.29) is 19.5 Å². The molecule has 0 aliphatic heterocycles. The van der Waals surface area contributed by atoms with Crippen LogP contribution in [-0.2, 0) is 19.5 Å². The van der Waals surface area contributed by atoms with E-state index in [0.29, 0.717) is 0 Å². The molecule has 1 aromatic rings. The molecule has 0 aliphatic rings. The molecule has 0 atom stereocenters. The average molecular weight is 323 g/mol. The Bertz CT molecular complexity index is 194. The van der Waals surface area contributed by atoms with Crippen LogP contribution in [0.1, 0.15) is 5.56 Å². The zero-order valence-corrected chi connectivity index (χ0v) is 12.2. The molecule has 0 saturated carbocycles. The fourth-order valence-electron chi connectivity index (χ4n) is 0.700. The van der Waals surface area contributed by atoms with Crippen molar-refractivity contribution in [2.75, 3.05) is 0 Å². The van der Waals surface area contributed by atoms with Gasteiger partial charge in [-0.05, 0) is 0 Å². The van der Waals surface area contributed by atoms with Crippen LogP contribution in [0, 0.1) is 11.9 Å². The van der Waals surface area contributed by atoms with Crippen molar-refractivity contribution in [2.45, 2.75) is 0 Å². The van der Waals surface area contributed by atoms with E-state index in [1.54, 1.807) is 6.08 Å². The summed E-state index contributed by atoms with van der Waals surface area (Å²) in [6.07, 6.45) is 3.76. The number of benzene rings is 1. The Morgan fingerprint density at radius 2 is 1.58 bits per heavy atom. The van der Waals surface area contributed by atoms with Crippen molar-refractivity contribution in [1.29, 1.82) is 0 Å². The minimum absolute atomic E-state index is 0. The second-order valence-corrected chi connectivity index (χ2v) is 1.81. The molecule has 12 heavy (non-hydrogen) atoms. The number of rotatable bonds is 1. The summed E-state index contributed by atoms with van der Waals surface area (Å²) < 4.78 is 0. The summed E-state index contributed by atoms with van der Waals surface area (Å²) in [4.78, 5) is 3.22. The molecule has 0 N–H and O–H groups in total. The molecule has 0 radical (unpaired) electrons. The first kappa shape index (κ1) is 14.7. The Labute approximate surface area is 101 Å². The quantitative estimate of drug-likeness (QED) is 0.419. The molecule has 0 fully saturated rings. The molecule has 0 saturated heterocycles. The van der Waals surface area contributed by atoms with Gasteiger partial charge in [-0.1, -0.05) is 30.3 Å². The van der Waals surface area contributed by atoms with Gasteiger partial charge in [0.2, 0.25) is 0 Å². The van der Waals surface area contributed by atoms with Crippen LogP contribution in [0.3, 0.4) is 0 Å². The molecule has 2 heteroatoms. The van der Waals surface area contributed by atoms with E-state index in [9.17, 15) is 0 Å². The molecular formula is C10H11IZn. The van der Waals surface area contributed by atoms with Crippen molar-refractivity contribution >= 4 is 28.7 Å². The van der Waals surface area contributed by atoms with E-state index < -0.39 is 0 Å². The maximum atomic E-state index is 3.60. The second-order valence-electron chi connectivity index (χ2n) is 1.81. The third kappa shape index (κ3) is 6.87. The van der Waals surface area contributed by atoms with Crippen molar-refractivity contribution in [2.24, 2.45) is 0 Å². The van der Waals surface area contributed by atoms with Gasteiger partial charge in [-0.2, -0.15) is 0 Å². The number of hydrogen-bond donors (Lipinski definition) is 0. The Kier molecular flexibility index (Phi) is 13.7. The van der Waals surface area contributed by atoms with Crippen molar-refractivity contribution < 1.29 is 19.5 Å². The molecular weight excluding hydrogens is 312 g/mol. The van der Waals surface area contributed by atoms with Crippen LogP contribution in [0.4, 0.5) is 0 Å². The zero-order chi connectivity index (χ0) is 8.53. The molecule has 0 spiro atoms. The van der Waals surface area contributed by atoms with Crippen LogP contribution in [0.15, 0.2) is 36.4 Å². The van der Waals surface area contributed by atoms with E-state index >= 15 is 0 Å². The smallest absolute Gasteiger partial charge is 0.319 e. The molecule has 0 heterocycles. The van der Waals surface area contributed by atoms with Gasteiger partial charge < -0.3 is 22.6 Å². The van der Waals surface area contributed by atoms with Gasteiger partial charge in [0, 0.05) is 0 Å². The molecule has 0 bridgehead atoms. The normalized spacial score (nSPS) is 8.17. The third-order valence-electron chi connectivity index (χ3n) is 1.11. The van der Waals surface area contributed by atoms with E-state index in [4.69, 9.17) is 0 Å². The monoisotopic (exact) mass is 322 g/mol. The van der Waals surface area contributed by atoms with Crippen LogP contribution in [0.2, 0.25) is 0 Å². The van der Waals surface area contributed by atoms with Crippen molar-refractivity contribution in [3.05, 3.63) is 53.8 Å².